The molecule has 0 fully saturated rings. The van der Waals surface area contributed by atoms with Crippen molar-refractivity contribution in [2.45, 2.75) is 257 Å². The number of allylic oxidation sites excluding steroid dienone is 28. The molecular weight excluding hydrogens is 1080 g/mol. The maximum atomic E-state index is 12.9. The molecule has 0 aromatic carbocycles. The molecular formula is C78H125NO8. The van der Waals surface area contributed by atoms with Crippen LogP contribution in [0.15, 0.2) is 170 Å². The fourth-order valence-electron chi connectivity index (χ4n) is 8.79. The van der Waals surface area contributed by atoms with Crippen LogP contribution in [0.3, 0.4) is 0 Å². The largest absolute Gasteiger partial charge is 0.545 e. The van der Waals surface area contributed by atoms with Gasteiger partial charge in [-0.1, -0.05) is 274 Å². The number of aliphatic carboxylic acids is 1. The number of esters is 2. The van der Waals surface area contributed by atoms with Crippen molar-refractivity contribution in [1.82, 2.24) is 0 Å². The Labute approximate surface area is 533 Å². The lowest BCUT2D eigenvalue weighted by molar-refractivity contribution is -0.870. The van der Waals surface area contributed by atoms with Crippen LogP contribution < -0.4 is 5.11 Å². The number of carboxylic acids is 1. The number of hydrogen-bond donors (Lipinski definition) is 0. The zero-order valence-electron chi connectivity index (χ0n) is 55.8. The molecule has 87 heavy (non-hydrogen) atoms. The van der Waals surface area contributed by atoms with Crippen LogP contribution in [0.4, 0.5) is 0 Å². The molecule has 0 bridgehead atoms. The second-order valence-electron chi connectivity index (χ2n) is 23.3. The van der Waals surface area contributed by atoms with E-state index in [9.17, 15) is 19.5 Å². The van der Waals surface area contributed by atoms with Gasteiger partial charge in [0.1, 0.15) is 13.2 Å². The fraction of sp³-hybridized carbons (Fsp3) is 0.603. The van der Waals surface area contributed by atoms with E-state index in [0.29, 0.717) is 23.9 Å². The Morgan fingerprint density at radius 2 is 0.621 bits per heavy atom. The Balaban J connectivity index is 4.14. The van der Waals surface area contributed by atoms with Gasteiger partial charge in [0.15, 0.2) is 12.4 Å². The lowest BCUT2D eigenvalue weighted by atomic mass is 10.0. The van der Waals surface area contributed by atoms with E-state index in [-0.39, 0.29) is 32.7 Å². The van der Waals surface area contributed by atoms with Crippen LogP contribution in [0.5, 0.6) is 0 Å². The Morgan fingerprint density at radius 1 is 0.345 bits per heavy atom. The van der Waals surface area contributed by atoms with Crippen molar-refractivity contribution in [2.75, 3.05) is 47.5 Å². The molecule has 0 aliphatic carbocycles. The lowest BCUT2D eigenvalue weighted by Gasteiger charge is -2.26. The van der Waals surface area contributed by atoms with Gasteiger partial charge < -0.3 is 33.3 Å². The molecule has 2 atom stereocenters. The van der Waals surface area contributed by atoms with Crippen LogP contribution in [0.2, 0.25) is 0 Å². The number of nitrogens with zero attached hydrogens (tertiary/aromatic N) is 1. The molecule has 0 saturated heterocycles. The molecule has 490 valence electrons. The molecule has 0 radical (unpaired) electrons. The number of carboxylic acid groups (broad SMARTS) is 1. The minimum atomic E-state index is -1.64. The first-order valence-electron chi connectivity index (χ1n) is 34.3. The van der Waals surface area contributed by atoms with Gasteiger partial charge in [-0.25, -0.2) is 0 Å². The third-order valence-corrected chi connectivity index (χ3v) is 14.0. The number of carbonyl (C=O) groups is 3. The normalized spacial score (nSPS) is 13.8. The minimum Gasteiger partial charge on any atom is -0.545 e. The minimum absolute atomic E-state index is 0.133. The first-order chi connectivity index (χ1) is 42.6. The highest BCUT2D eigenvalue weighted by Gasteiger charge is 2.22. The summed E-state index contributed by atoms with van der Waals surface area (Å²) in [6.45, 7) is 4.45. The van der Waals surface area contributed by atoms with Gasteiger partial charge in [0.25, 0.3) is 0 Å². The van der Waals surface area contributed by atoms with Crippen molar-refractivity contribution in [3.63, 3.8) is 0 Å². The second kappa shape index (κ2) is 66.6. The monoisotopic (exact) mass is 1200 g/mol. The SMILES string of the molecule is CC/C=C\C/C=C\C/C=C\C/C=C\C/C=C\C/C=C\C/C=C\C/C=C\CCCCCCCCCCCCCCCCCCC(=O)OC(COC(=O)CCCC/C=C\C/C=C\C/C=C\C/C=C\C/C=C\C/C=C\CC)COC(OCC[N+](C)(C)C)C(=O)[O-]. The molecule has 0 N–H and O–H groups in total. The molecule has 0 spiro atoms. The standard InChI is InChI=1S/C78H125NO8/c1-6-8-10-12-14-16-18-20-22-24-26-28-29-30-31-32-33-34-35-36-37-38-39-40-41-42-43-44-45-46-47-49-51-53-55-57-59-61-63-65-67-69-76(81)87-74(73-86-78(77(82)83)84-71-70-79(3,4)5)72-85-75(80)68-66-64-62-60-58-56-54-52-50-48-27-25-23-21-19-17-15-13-11-9-7-2/h8-11,14-17,20-23,26-28,30-31,33-34,36-37,39-40,48,52,54,58,60,74,78H,6-7,12-13,18-19,24-25,29,32,35,38,41-47,49-51,53,55-57,59,61-73H2,1-5H3/b10-8-,11-9-,16-14-,17-15-,22-20-,23-21-,28-26-,31-30-,34-33-,37-36-,40-39-,48-27-,54-52-,60-58-. The van der Waals surface area contributed by atoms with Gasteiger partial charge >= 0.3 is 11.9 Å². The van der Waals surface area contributed by atoms with E-state index in [2.05, 4.69) is 184 Å². The van der Waals surface area contributed by atoms with Gasteiger partial charge in [0, 0.05) is 12.8 Å². The van der Waals surface area contributed by atoms with E-state index in [1.165, 1.54) is 83.5 Å². The quantitative estimate of drug-likeness (QED) is 0.0195. The number of carbonyl (C=O) groups excluding carboxylic acids is 3. The summed E-state index contributed by atoms with van der Waals surface area (Å²) in [5.41, 5.74) is 0. The average Bonchev–Trinajstić information content (AvgIpc) is 3.59. The summed E-state index contributed by atoms with van der Waals surface area (Å²) < 4.78 is 22.7. The van der Waals surface area contributed by atoms with Gasteiger partial charge in [-0.3, -0.25) is 9.59 Å². The van der Waals surface area contributed by atoms with Gasteiger partial charge in [0.2, 0.25) is 0 Å². The molecule has 0 saturated carbocycles. The highest BCUT2D eigenvalue weighted by molar-refractivity contribution is 5.70. The Hall–Kier alpha value is -5.35. The van der Waals surface area contributed by atoms with Crippen molar-refractivity contribution in [3.05, 3.63) is 170 Å². The van der Waals surface area contributed by atoms with E-state index >= 15 is 0 Å². The lowest BCUT2D eigenvalue weighted by Crippen LogP contribution is -2.44. The predicted octanol–water partition coefficient (Wildman–Crippen LogP) is 20.1. The summed E-state index contributed by atoms with van der Waals surface area (Å²) in [4.78, 5) is 37.4. The number of hydrogen-bond acceptors (Lipinski definition) is 8. The van der Waals surface area contributed by atoms with E-state index in [0.717, 1.165) is 122 Å². The van der Waals surface area contributed by atoms with Crippen molar-refractivity contribution in [3.8, 4) is 0 Å². The summed E-state index contributed by atoms with van der Waals surface area (Å²) in [6.07, 6.45) is 97.2. The van der Waals surface area contributed by atoms with Crippen LogP contribution in [-0.4, -0.2) is 82.3 Å². The highest BCUT2D eigenvalue weighted by Crippen LogP contribution is 2.16. The Kier molecular flexibility index (Phi) is 62.5. The maximum absolute atomic E-state index is 12.9. The van der Waals surface area contributed by atoms with E-state index in [1.807, 2.05) is 21.1 Å². The van der Waals surface area contributed by atoms with Crippen LogP contribution >= 0.6 is 0 Å². The first-order valence-corrected chi connectivity index (χ1v) is 34.3. The third kappa shape index (κ3) is 68.0. The molecule has 0 heterocycles. The molecule has 0 aliphatic heterocycles. The topological polar surface area (TPSA) is 111 Å². The molecule has 2 unspecified atom stereocenters. The highest BCUT2D eigenvalue weighted by atomic mass is 16.7. The van der Waals surface area contributed by atoms with E-state index in [1.54, 1.807) is 0 Å². The number of unbranched alkanes of at least 4 members (excludes halogenated alkanes) is 18. The molecule has 0 aromatic heterocycles. The predicted molar refractivity (Wildman–Crippen MR) is 370 cm³/mol. The zero-order valence-corrected chi connectivity index (χ0v) is 55.8. The third-order valence-electron chi connectivity index (χ3n) is 14.0. The van der Waals surface area contributed by atoms with Crippen LogP contribution in [0, 0.1) is 0 Å². The van der Waals surface area contributed by atoms with Gasteiger partial charge in [0.05, 0.1) is 40.3 Å². The summed E-state index contributed by atoms with van der Waals surface area (Å²) in [7, 11) is 5.90. The number of quaternary nitrogens is 1. The molecule has 9 heteroatoms. The number of likely N-dealkylation sites (N-methyl/N-ethyl adjacent to an activating group) is 1. The summed E-state index contributed by atoms with van der Waals surface area (Å²) in [5.74, 6) is -2.35. The van der Waals surface area contributed by atoms with E-state index in [4.69, 9.17) is 18.9 Å². The van der Waals surface area contributed by atoms with Crippen LogP contribution in [-0.2, 0) is 33.3 Å². The summed E-state index contributed by atoms with van der Waals surface area (Å²) in [5, 5.41) is 11.8. The zero-order chi connectivity index (χ0) is 63.3. The number of rotatable bonds is 61. The average molecular weight is 1200 g/mol. The summed E-state index contributed by atoms with van der Waals surface area (Å²) >= 11 is 0. The Morgan fingerprint density at radius 3 is 0.943 bits per heavy atom. The fourth-order valence-corrected chi connectivity index (χ4v) is 8.79. The van der Waals surface area contributed by atoms with Gasteiger partial charge in [-0.05, 0) is 128 Å². The summed E-state index contributed by atoms with van der Waals surface area (Å²) in [6, 6.07) is 0. The second-order valence-corrected chi connectivity index (χ2v) is 23.3. The van der Waals surface area contributed by atoms with E-state index < -0.39 is 30.3 Å². The van der Waals surface area contributed by atoms with Crippen LogP contribution in [0.1, 0.15) is 245 Å². The Bertz CT molecular complexity index is 2030. The molecule has 0 aliphatic rings. The van der Waals surface area contributed by atoms with Crippen molar-refractivity contribution in [1.29, 1.82) is 0 Å². The number of ether oxygens (including phenoxy) is 4. The smallest absolute Gasteiger partial charge is 0.306 e. The molecule has 9 nitrogen and oxygen atoms in total. The van der Waals surface area contributed by atoms with Crippen molar-refractivity contribution in [2.24, 2.45) is 0 Å². The van der Waals surface area contributed by atoms with Gasteiger partial charge in [-0.15, -0.1) is 0 Å². The van der Waals surface area contributed by atoms with Crippen LogP contribution in [0.25, 0.3) is 0 Å². The van der Waals surface area contributed by atoms with Crippen molar-refractivity contribution < 1.29 is 42.9 Å². The molecule has 0 amide bonds. The maximum Gasteiger partial charge on any atom is 0.306 e. The first kappa shape index (κ1) is 81.7. The van der Waals surface area contributed by atoms with Gasteiger partial charge in [-0.2, -0.15) is 0 Å². The van der Waals surface area contributed by atoms with Crippen molar-refractivity contribution >= 4 is 17.9 Å². The molecule has 0 aromatic rings. The molecule has 0 rings (SSSR count).